The standard InChI is InChI=1S/C35H30N4O3S2/c1-23-11-9-10-16-27(23)21-30(37-33(41)26-14-7-4-8-15-26)34(42)36-28-17-19-29(20-18-28)43-22-31(40)38-35-39-32(24(2)44-35)25-12-5-3-6-13-25/h3-21H,22H2,1-2H3,(H,36,42)(H,37,41)(H,38,39,40)/b30-21-. The number of aromatic nitrogens is 1. The Morgan fingerprint density at radius 3 is 2.16 bits per heavy atom. The SMILES string of the molecule is Cc1ccccc1/C=C(\NC(=O)c1ccccc1)C(=O)Nc1ccc(SCC(=O)Nc2nc(-c3ccccc3)c(C)s2)cc1. The van der Waals surface area contributed by atoms with E-state index in [0.717, 1.165) is 32.2 Å². The number of aryl methyl sites for hydroxylation is 2. The van der Waals surface area contributed by atoms with Gasteiger partial charge in [0.1, 0.15) is 5.70 Å². The molecule has 0 aliphatic carbocycles. The minimum Gasteiger partial charge on any atom is -0.321 e. The number of nitrogens with zero attached hydrogens (tertiary/aromatic N) is 1. The van der Waals surface area contributed by atoms with Gasteiger partial charge in [-0.3, -0.25) is 14.4 Å². The van der Waals surface area contributed by atoms with Crippen LogP contribution in [0.15, 0.2) is 120 Å². The Bertz CT molecular complexity index is 1800. The van der Waals surface area contributed by atoms with Crippen LogP contribution in [0, 0.1) is 13.8 Å². The quantitative estimate of drug-likeness (QED) is 0.111. The van der Waals surface area contributed by atoms with E-state index in [1.165, 1.54) is 23.1 Å². The molecular formula is C35H30N4O3S2. The number of thiazole rings is 1. The number of hydrogen-bond acceptors (Lipinski definition) is 6. The Hall–Kier alpha value is -4.99. The number of benzene rings is 4. The Morgan fingerprint density at radius 2 is 1.45 bits per heavy atom. The number of nitrogens with one attached hydrogen (secondary N) is 3. The van der Waals surface area contributed by atoms with Gasteiger partial charge < -0.3 is 16.0 Å². The molecule has 3 N–H and O–H groups in total. The van der Waals surface area contributed by atoms with Crippen molar-refractivity contribution in [3.05, 3.63) is 136 Å². The van der Waals surface area contributed by atoms with Crippen LogP contribution in [0.25, 0.3) is 17.3 Å². The van der Waals surface area contributed by atoms with Crippen molar-refractivity contribution < 1.29 is 14.4 Å². The third-order valence-electron chi connectivity index (χ3n) is 6.59. The van der Waals surface area contributed by atoms with E-state index in [9.17, 15) is 14.4 Å². The van der Waals surface area contributed by atoms with Crippen LogP contribution in [0.4, 0.5) is 10.8 Å². The summed E-state index contributed by atoms with van der Waals surface area (Å²) in [5.74, 6) is -0.776. The fourth-order valence-electron chi connectivity index (χ4n) is 4.30. The van der Waals surface area contributed by atoms with E-state index < -0.39 is 5.91 Å². The Labute approximate surface area is 264 Å². The second kappa shape index (κ2) is 14.5. The van der Waals surface area contributed by atoms with Gasteiger partial charge >= 0.3 is 0 Å². The number of anilines is 2. The molecule has 0 spiro atoms. The summed E-state index contributed by atoms with van der Waals surface area (Å²) in [6, 6.07) is 33.4. The zero-order chi connectivity index (χ0) is 30.9. The fraction of sp³-hybridized carbons (Fsp3) is 0.0857. The largest absolute Gasteiger partial charge is 0.321 e. The molecular weight excluding hydrogens is 589 g/mol. The number of hydrogen-bond donors (Lipinski definition) is 3. The van der Waals surface area contributed by atoms with Gasteiger partial charge in [0, 0.05) is 26.6 Å². The van der Waals surface area contributed by atoms with E-state index >= 15 is 0 Å². The number of thioether (sulfide) groups is 1. The first-order valence-corrected chi connectivity index (χ1v) is 15.7. The molecule has 0 fully saturated rings. The highest BCUT2D eigenvalue weighted by atomic mass is 32.2. The molecule has 4 aromatic carbocycles. The summed E-state index contributed by atoms with van der Waals surface area (Å²) in [7, 11) is 0. The average Bonchev–Trinajstić information content (AvgIpc) is 3.41. The van der Waals surface area contributed by atoms with Crippen LogP contribution >= 0.6 is 23.1 Å². The van der Waals surface area contributed by atoms with Crippen LogP contribution in [0.2, 0.25) is 0 Å². The second-order valence-corrected chi connectivity index (χ2v) is 12.1. The molecule has 0 bridgehead atoms. The molecule has 0 saturated heterocycles. The zero-order valence-corrected chi connectivity index (χ0v) is 25.8. The molecule has 5 rings (SSSR count). The summed E-state index contributed by atoms with van der Waals surface area (Å²) >= 11 is 2.83. The van der Waals surface area contributed by atoms with Gasteiger partial charge in [-0.25, -0.2) is 4.98 Å². The van der Waals surface area contributed by atoms with Crippen molar-refractivity contribution in [2.75, 3.05) is 16.4 Å². The summed E-state index contributed by atoms with van der Waals surface area (Å²) in [6.45, 7) is 3.93. The molecule has 1 heterocycles. The number of amides is 3. The van der Waals surface area contributed by atoms with Crippen molar-refractivity contribution in [3.63, 3.8) is 0 Å². The highest BCUT2D eigenvalue weighted by molar-refractivity contribution is 8.00. The molecule has 44 heavy (non-hydrogen) atoms. The van der Waals surface area contributed by atoms with E-state index in [4.69, 9.17) is 0 Å². The lowest BCUT2D eigenvalue weighted by Gasteiger charge is -2.12. The minimum atomic E-state index is -0.453. The van der Waals surface area contributed by atoms with Gasteiger partial charge in [0.25, 0.3) is 11.8 Å². The Balaban J connectivity index is 1.20. The Morgan fingerprint density at radius 1 is 0.795 bits per heavy atom. The van der Waals surface area contributed by atoms with Crippen molar-refractivity contribution >= 4 is 57.7 Å². The molecule has 7 nitrogen and oxygen atoms in total. The molecule has 1 aromatic heterocycles. The normalized spacial score (nSPS) is 11.1. The highest BCUT2D eigenvalue weighted by Gasteiger charge is 2.16. The van der Waals surface area contributed by atoms with E-state index in [-0.39, 0.29) is 23.3 Å². The molecule has 220 valence electrons. The molecule has 0 atom stereocenters. The van der Waals surface area contributed by atoms with Crippen LogP contribution in [0.5, 0.6) is 0 Å². The topological polar surface area (TPSA) is 100 Å². The lowest BCUT2D eigenvalue weighted by molar-refractivity contribution is -0.114. The van der Waals surface area contributed by atoms with Gasteiger partial charge in [-0.1, -0.05) is 72.8 Å². The van der Waals surface area contributed by atoms with Gasteiger partial charge in [-0.2, -0.15) is 0 Å². The molecule has 5 aromatic rings. The molecule has 3 amide bonds. The summed E-state index contributed by atoms with van der Waals surface area (Å²) in [4.78, 5) is 45.3. The molecule has 0 radical (unpaired) electrons. The number of carbonyl (C=O) groups is 3. The Kier molecular flexibility index (Phi) is 10.0. The predicted molar refractivity (Wildman–Crippen MR) is 180 cm³/mol. The van der Waals surface area contributed by atoms with Gasteiger partial charge in [0.05, 0.1) is 11.4 Å². The predicted octanol–water partition coefficient (Wildman–Crippen LogP) is 7.57. The van der Waals surface area contributed by atoms with Crippen LogP contribution in [-0.4, -0.2) is 28.5 Å². The summed E-state index contributed by atoms with van der Waals surface area (Å²) in [6.07, 6.45) is 1.67. The smallest absolute Gasteiger partial charge is 0.272 e. The molecule has 0 unspecified atom stereocenters. The summed E-state index contributed by atoms with van der Waals surface area (Å²) < 4.78 is 0. The molecule has 0 aliphatic rings. The first-order valence-electron chi connectivity index (χ1n) is 13.9. The van der Waals surface area contributed by atoms with Crippen molar-refractivity contribution in [3.8, 4) is 11.3 Å². The monoisotopic (exact) mass is 618 g/mol. The van der Waals surface area contributed by atoms with E-state index in [1.54, 1.807) is 42.5 Å². The lowest BCUT2D eigenvalue weighted by Crippen LogP contribution is -2.30. The third kappa shape index (κ3) is 8.09. The van der Waals surface area contributed by atoms with E-state index in [2.05, 4.69) is 20.9 Å². The first-order chi connectivity index (χ1) is 21.4. The van der Waals surface area contributed by atoms with Crippen molar-refractivity contribution in [1.29, 1.82) is 0 Å². The highest BCUT2D eigenvalue weighted by Crippen LogP contribution is 2.30. The van der Waals surface area contributed by atoms with Crippen LogP contribution in [0.3, 0.4) is 0 Å². The van der Waals surface area contributed by atoms with Gasteiger partial charge in [-0.05, 0) is 67.4 Å². The van der Waals surface area contributed by atoms with Crippen LogP contribution in [0.1, 0.15) is 26.4 Å². The second-order valence-electron chi connectivity index (χ2n) is 9.84. The van der Waals surface area contributed by atoms with Crippen molar-refractivity contribution in [2.45, 2.75) is 18.7 Å². The fourth-order valence-corrected chi connectivity index (χ4v) is 5.85. The van der Waals surface area contributed by atoms with Gasteiger partial charge in [0.15, 0.2) is 5.13 Å². The van der Waals surface area contributed by atoms with Crippen LogP contribution in [-0.2, 0) is 9.59 Å². The van der Waals surface area contributed by atoms with Gasteiger partial charge in [-0.15, -0.1) is 23.1 Å². The molecule has 0 aliphatic heterocycles. The lowest BCUT2D eigenvalue weighted by atomic mass is 10.1. The minimum absolute atomic E-state index is 0.121. The summed E-state index contributed by atoms with van der Waals surface area (Å²) in [5.41, 5.74) is 4.80. The average molecular weight is 619 g/mol. The number of rotatable bonds is 10. The van der Waals surface area contributed by atoms with E-state index in [1.807, 2.05) is 86.6 Å². The maximum Gasteiger partial charge on any atom is 0.272 e. The van der Waals surface area contributed by atoms with Gasteiger partial charge in [0.2, 0.25) is 5.91 Å². The zero-order valence-electron chi connectivity index (χ0n) is 24.2. The number of carbonyl (C=O) groups excluding carboxylic acids is 3. The van der Waals surface area contributed by atoms with Crippen LogP contribution < -0.4 is 16.0 Å². The van der Waals surface area contributed by atoms with Crippen molar-refractivity contribution in [2.24, 2.45) is 0 Å². The van der Waals surface area contributed by atoms with Crippen molar-refractivity contribution in [1.82, 2.24) is 10.3 Å². The third-order valence-corrected chi connectivity index (χ3v) is 8.49. The maximum absolute atomic E-state index is 13.3. The first kappa shape index (κ1) is 30.5. The molecule has 0 saturated carbocycles. The molecule has 9 heteroatoms. The van der Waals surface area contributed by atoms with E-state index in [0.29, 0.717) is 16.4 Å². The maximum atomic E-state index is 13.3. The summed E-state index contributed by atoms with van der Waals surface area (Å²) in [5, 5.41) is 9.09.